The van der Waals surface area contributed by atoms with Crippen LogP contribution in [-0.4, -0.2) is 15.8 Å². The summed E-state index contributed by atoms with van der Waals surface area (Å²) < 4.78 is 11.4. The van der Waals surface area contributed by atoms with E-state index in [1.54, 1.807) is 0 Å². The van der Waals surface area contributed by atoms with E-state index in [1.807, 2.05) is 6.07 Å². The van der Waals surface area contributed by atoms with Crippen molar-refractivity contribution in [2.75, 3.05) is 0 Å². The number of aromatic nitrogens is 2. The van der Waals surface area contributed by atoms with Crippen LogP contribution in [0.2, 0.25) is 0 Å². The SMILES string of the molecule is c1ccc2c(c1)B1c3cccc4c5ccccc5n(c34)-c3ccc4c5cc6c(cc5n-2c4c31)oc1ccccc16. The van der Waals surface area contributed by atoms with Gasteiger partial charge >= 0.3 is 0 Å². The van der Waals surface area contributed by atoms with Gasteiger partial charge in [0.2, 0.25) is 0 Å². The van der Waals surface area contributed by atoms with Gasteiger partial charge in [-0.1, -0.05) is 78.9 Å². The van der Waals surface area contributed by atoms with E-state index in [4.69, 9.17) is 4.42 Å². The predicted octanol–water partition coefficient (Wildman–Crippen LogP) is 6.92. The van der Waals surface area contributed by atoms with Crippen LogP contribution in [0, 0.1) is 0 Å². The number of rotatable bonds is 0. The van der Waals surface area contributed by atoms with Gasteiger partial charge in [0.1, 0.15) is 11.2 Å². The summed E-state index contributed by atoms with van der Waals surface area (Å²) in [7, 11) is 0. The van der Waals surface area contributed by atoms with Gasteiger partial charge < -0.3 is 13.6 Å². The van der Waals surface area contributed by atoms with Crippen LogP contribution in [0.4, 0.5) is 0 Å². The third-order valence-corrected chi connectivity index (χ3v) is 9.50. The molecule has 9 aromatic rings. The quantitative estimate of drug-likeness (QED) is 0.205. The van der Waals surface area contributed by atoms with E-state index in [-0.39, 0.29) is 6.71 Å². The second-order valence-corrected chi connectivity index (χ2v) is 11.3. The zero-order chi connectivity index (χ0) is 25.7. The van der Waals surface area contributed by atoms with Crippen LogP contribution in [-0.2, 0) is 0 Å². The molecule has 0 unspecified atom stereocenters. The summed E-state index contributed by atoms with van der Waals surface area (Å²) in [5.41, 5.74) is 13.7. The Morgan fingerprint density at radius 3 is 2.17 bits per heavy atom. The molecule has 0 aliphatic carbocycles. The van der Waals surface area contributed by atoms with E-state index in [2.05, 4.69) is 118 Å². The second kappa shape index (κ2) is 6.49. The molecule has 5 heterocycles. The highest BCUT2D eigenvalue weighted by Crippen LogP contribution is 2.41. The lowest BCUT2D eigenvalue weighted by atomic mass is 9.34. The summed E-state index contributed by atoms with van der Waals surface area (Å²) in [6.45, 7) is 0.177. The maximum absolute atomic E-state index is 6.37. The molecule has 3 aromatic heterocycles. The number of fused-ring (bicyclic) bond motifs is 14. The number of nitrogens with zero attached hydrogens (tertiary/aromatic N) is 2. The average molecular weight is 506 g/mol. The molecule has 0 radical (unpaired) electrons. The lowest BCUT2D eigenvalue weighted by Crippen LogP contribution is -2.59. The topological polar surface area (TPSA) is 23.0 Å². The Morgan fingerprint density at radius 1 is 0.450 bits per heavy atom. The first-order valence-corrected chi connectivity index (χ1v) is 13.9. The Morgan fingerprint density at radius 2 is 1.20 bits per heavy atom. The number of hydrogen-bond acceptors (Lipinski definition) is 1. The lowest BCUT2D eigenvalue weighted by Gasteiger charge is -2.33. The first-order valence-electron chi connectivity index (χ1n) is 13.9. The van der Waals surface area contributed by atoms with Gasteiger partial charge in [-0.3, -0.25) is 0 Å². The van der Waals surface area contributed by atoms with Crippen LogP contribution in [0.15, 0.2) is 120 Å². The predicted molar refractivity (Wildman–Crippen MR) is 167 cm³/mol. The molecule has 0 N–H and O–H groups in total. The van der Waals surface area contributed by atoms with Crippen molar-refractivity contribution in [3.05, 3.63) is 115 Å². The van der Waals surface area contributed by atoms with Gasteiger partial charge in [0.25, 0.3) is 6.71 Å². The lowest BCUT2D eigenvalue weighted by molar-refractivity contribution is 0.669. The fraction of sp³-hybridized carbons (Fsp3) is 0. The Hall–Kier alpha value is -5.22. The van der Waals surface area contributed by atoms with Crippen molar-refractivity contribution in [3.63, 3.8) is 0 Å². The van der Waals surface area contributed by atoms with Gasteiger partial charge in [0, 0.05) is 55.3 Å². The fourth-order valence-electron chi connectivity index (χ4n) is 8.01. The standard InChI is InChI=1S/C36H19BN2O/c1-4-13-28-20(8-1)22-10-7-12-27-35(22)38(28)30-17-16-23-24-18-25-21-9-2-6-15-32(21)40-33(25)19-31(24)39-29-14-5-3-11-26(29)37(27)34(30)36(23)39/h1-19H. The Labute approximate surface area is 228 Å². The Balaban J connectivity index is 1.40. The highest BCUT2D eigenvalue weighted by Gasteiger charge is 2.40. The smallest absolute Gasteiger partial charge is 0.252 e. The van der Waals surface area contributed by atoms with E-state index in [0.29, 0.717) is 0 Å². The molecule has 6 aromatic carbocycles. The summed E-state index contributed by atoms with van der Waals surface area (Å²) in [5.74, 6) is 0. The molecule has 40 heavy (non-hydrogen) atoms. The third kappa shape index (κ3) is 2.06. The fourth-order valence-corrected chi connectivity index (χ4v) is 8.01. The molecular formula is C36H19BN2O. The molecule has 182 valence electrons. The Bertz CT molecular complexity index is 2610. The van der Waals surface area contributed by atoms with E-state index >= 15 is 0 Å². The minimum Gasteiger partial charge on any atom is -0.456 e. The van der Waals surface area contributed by atoms with Gasteiger partial charge in [0.05, 0.1) is 16.6 Å². The van der Waals surface area contributed by atoms with Crippen molar-refractivity contribution < 1.29 is 4.42 Å². The zero-order valence-electron chi connectivity index (χ0n) is 21.3. The molecule has 3 nitrogen and oxygen atoms in total. The number of benzene rings is 6. The van der Waals surface area contributed by atoms with Crippen LogP contribution in [0.25, 0.3) is 76.9 Å². The molecule has 0 bridgehead atoms. The molecule has 4 heteroatoms. The maximum Gasteiger partial charge on any atom is 0.252 e. The molecule has 2 aliphatic rings. The van der Waals surface area contributed by atoms with E-state index < -0.39 is 0 Å². The molecule has 0 fully saturated rings. The highest BCUT2D eigenvalue weighted by molar-refractivity contribution is 7.00. The molecule has 0 saturated heterocycles. The van der Waals surface area contributed by atoms with Gasteiger partial charge in [0.15, 0.2) is 0 Å². The third-order valence-electron chi connectivity index (χ3n) is 9.50. The van der Waals surface area contributed by atoms with Crippen molar-refractivity contribution >= 4 is 88.7 Å². The number of hydrogen-bond donors (Lipinski definition) is 0. The van der Waals surface area contributed by atoms with Crippen molar-refractivity contribution in [1.29, 1.82) is 0 Å². The van der Waals surface area contributed by atoms with Crippen molar-refractivity contribution in [2.24, 2.45) is 0 Å². The minimum atomic E-state index is 0.177. The molecule has 0 amide bonds. The monoisotopic (exact) mass is 506 g/mol. The van der Waals surface area contributed by atoms with Gasteiger partial charge in [-0.2, -0.15) is 0 Å². The van der Waals surface area contributed by atoms with E-state index in [1.165, 1.54) is 82.1 Å². The first kappa shape index (κ1) is 19.8. The van der Waals surface area contributed by atoms with Gasteiger partial charge in [-0.15, -0.1) is 0 Å². The van der Waals surface area contributed by atoms with Crippen LogP contribution in [0.5, 0.6) is 0 Å². The van der Waals surface area contributed by atoms with Crippen molar-refractivity contribution in [1.82, 2.24) is 9.13 Å². The van der Waals surface area contributed by atoms with Crippen LogP contribution in [0.3, 0.4) is 0 Å². The maximum atomic E-state index is 6.37. The molecule has 0 atom stereocenters. The Kier molecular flexibility index (Phi) is 3.21. The normalized spacial score (nSPS) is 13.4. The van der Waals surface area contributed by atoms with Crippen molar-refractivity contribution in [3.8, 4) is 11.4 Å². The first-order chi connectivity index (χ1) is 19.9. The van der Waals surface area contributed by atoms with Crippen LogP contribution in [0.1, 0.15) is 0 Å². The highest BCUT2D eigenvalue weighted by atomic mass is 16.3. The zero-order valence-corrected chi connectivity index (χ0v) is 21.3. The molecule has 11 rings (SSSR count). The minimum absolute atomic E-state index is 0.177. The van der Waals surface area contributed by atoms with Crippen LogP contribution < -0.4 is 16.4 Å². The molecule has 0 saturated carbocycles. The van der Waals surface area contributed by atoms with E-state index in [0.717, 1.165) is 11.2 Å². The summed E-state index contributed by atoms with van der Waals surface area (Å²) in [4.78, 5) is 0. The second-order valence-electron chi connectivity index (χ2n) is 11.3. The molecule has 2 aliphatic heterocycles. The summed E-state index contributed by atoms with van der Waals surface area (Å²) >= 11 is 0. The summed E-state index contributed by atoms with van der Waals surface area (Å²) in [6, 6.07) is 42.4. The van der Waals surface area contributed by atoms with Gasteiger partial charge in [-0.05, 0) is 46.7 Å². The number of para-hydroxylation sites is 4. The molecular weight excluding hydrogens is 487 g/mol. The summed E-state index contributed by atoms with van der Waals surface area (Å²) in [6.07, 6.45) is 0. The summed E-state index contributed by atoms with van der Waals surface area (Å²) in [5, 5.41) is 7.55. The number of furan rings is 1. The molecule has 0 spiro atoms. The van der Waals surface area contributed by atoms with E-state index in [9.17, 15) is 0 Å². The average Bonchev–Trinajstić information content (AvgIpc) is 3.65. The van der Waals surface area contributed by atoms with Crippen LogP contribution >= 0.6 is 0 Å². The van der Waals surface area contributed by atoms with Crippen molar-refractivity contribution in [2.45, 2.75) is 0 Å². The largest absolute Gasteiger partial charge is 0.456 e. The van der Waals surface area contributed by atoms with Gasteiger partial charge in [-0.25, -0.2) is 0 Å².